The summed E-state index contributed by atoms with van der Waals surface area (Å²) in [7, 11) is 0. The molecule has 3 amide bonds. The molecular formula is C18H23N5O4. The van der Waals surface area contributed by atoms with E-state index in [1.807, 2.05) is 29.2 Å². The predicted molar refractivity (Wildman–Crippen MR) is 98.3 cm³/mol. The molecule has 2 aliphatic rings. The molecule has 9 nitrogen and oxygen atoms in total. The molecule has 3 N–H and O–H groups in total. The number of amides is 3. The summed E-state index contributed by atoms with van der Waals surface area (Å²) in [5.41, 5.74) is 6.84. The molecule has 0 saturated carbocycles. The van der Waals surface area contributed by atoms with Crippen molar-refractivity contribution >= 4 is 29.1 Å². The maximum atomic E-state index is 12.4. The van der Waals surface area contributed by atoms with Crippen LogP contribution in [-0.4, -0.2) is 66.8 Å². The van der Waals surface area contributed by atoms with Crippen molar-refractivity contribution in [3.63, 3.8) is 0 Å². The van der Waals surface area contributed by atoms with Crippen molar-refractivity contribution in [1.29, 1.82) is 0 Å². The Morgan fingerprint density at radius 2 is 1.96 bits per heavy atom. The number of para-hydroxylation sites is 2. The number of hydrogen-bond donors (Lipinski definition) is 2. The van der Waals surface area contributed by atoms with Crippen molar-refractivity contribution in [3.05, 3.63) is 24.3 Å². The fourth-order valence-electron chi connectivity index (χ4n) is 3.47. The number of nitrogens with two attached hydrogens (primary N) is 1. The van der Waals surface area contributed by atoms with Crippen LogP contribution >= 0.6 is 0 Å². The summed E-state index contributed by atoms with van der Waals surface area (Å²) in [6, 6.07) is 8.12. The molecule has 0 radical (unpaired) electrons. The quantitative estimate of drug-likeness (QED) is 0.815. The minimum Gasteiger partial charge on any atom is -0.423 e. The topological polar surface area (TPSA) is 114 Å². The molecule has 4 rings (SSSR count). The zero-order chi connectivity index (χ0) is 18.8. The zero-order valence-electron chi connectivity index (χ0n) is 15.0. The number of hydrogen-bond acceptors (Lipinski definition) is 6. The average Bonchev–Trinajstić information content (AvgIpc) is 3.33. The number of carbonyl (C=O) groups excluding carboxylic acids is 2. The van der Waals surface area contributed by atoms with Crippen molar-refractivity contribution < 1.29 is 18.7 Å². The maximum Gasteiger partial charge on any atom is 0.317 e. The number of piperazine rings is 1. The number of urea groups is 1. The van der Waals surface area contributed by atoms with Gasteiger partial charge in [0.05, 0.1) is 6.10 Å². The Hall–Kier alpha value is -2.81. The average molecular weight is 373 g/mol. The van der Waals surface area contributed by atoms with Gasteiger partial charge < -0.3 is 30.0 Å². The minimum absolute atomic E-state index is 0.127. The zero-order valence-corrected chi connectivity index (χ0v) is 15.0. The first-order chi connectivity index (χ1) is 13.1. The van der Waals surface area contributed by atoms with Crippen molar-refractivity contribution in [2.75, 3.05) is 37.6 Å². The first-order valence-electron chi connectivity index (χ1n) is 9.18. The monoisotopic (exact) mass is 373 g/mol. The van der Waals surface area contributed by atoms with Gasteiger partial charge in [-0.1, -0.05) is 12.1 Å². The fraction of sp³-hybridized carbons (Fsp3) is 0.500. The number of primary amides is 1. The lowest BCUT2D eigenvalue weighted by Gasteiger charge is -2.34. The SMILES string of the molecule is NC(=O)C1CCC(CNC(=O)N2CCN(c3nc4ccccc4o3)CC2)O1. The lowest BCUT2D eigenvalue weighted by atomic mass is 10.2. The molecule has 0 bridgehead atoms. The van der Waals surface area contributed by atoms with Gasteiger partial charge in [-0.15, -0.1) is 0 Å². The van der Waals surface area contributed by atoms with Crippen LogP contribution in [0.2, 0.25) is 0 Å². The molecule has 2 aliphatic heterocycles. The highest BCUT2D eigenvalue weighted by Gasteiger charge is 2.30. The van der Waals surface area contributed by atoms with Crippen molar-refractivity contribution in [1.82, 2.24) is 15.2 Å². The molecule has 0 spiro atoms. The molecule has 0 aliphatic carbocycles. The van der Waals surface area contributed by atoms with Gasteiger partial charge in [0.15, 0.2) is 5.58 Å². The van der Waals surface area contributed by atoms with Gasteiger partial charge in [0, 0.05) is 32.7 Å². The van der Waals surface area contributed by atoms with Gasteiger partial charge in [-0.3, -0.25) is 4.79 Å². The van der Waals surface area contributed by atoms with Crippen LogP contribution in [0.5, 0.6) is 0 Å². The highest BCUT2D eigenvalue weighted by atomic mass is 16.5. The molecular weight excluding hydrogens is 350 g/mol. The number of nitrogens with one attached hydrogen (secondary N) is 1. The van der Waals surface area contributed by atoms with Crippen LogP contribution in [0.25, 0.3) is 11.1 Å². The van der Waals surface area contributed by atoms with Gasteiger partial charge in [0.25, 0.3) is 6.01 Å². The van der Waals surface area contributed by atoms with E-state index in [1.165, 1.54) is 0 Å². The van der Waals surface area contributed by atoms with Crippen LogP contribution in [0, 0.1) is 0 Å². The Kier molecular flexibility index (Phi) is 4.85. The van der Waals surface area contributed by atoms with Gasteiger partial charge in [0.2, 0.25) is 5.91 Å². The standard InChI is InChI=1S/C18H23N5O4/c19-16(24)15-6-5-12(26-15)11-20-17(25)22-7-9-23(10-8-22)18-21-13-3-1-2-4-14(13)27-18/h1-4,12,15H,5-11H2,(H2,19,24)(H,20,25). The fourth-order valence-corrected chi connectivity index (χ4v) is 3.47. The van der Waals surface area contributed by atoms with Crippen LogP contribution in [-0.2, 0) is 9.53 Å². The molecule has 2 unspecified atom stereocenters. The Morgan fingerprint density at radius 1 is 1.19 bits per heavy atom. The molecule has 2 fully saturated rings. The smallest absolute Gasteiger partial charge is 0.317 e. The lowest BCUT2D eigenvalue weighted by molar-refractivity contribution is -0.128. The van der Waals surface area contributed by atoms with Gasteiger partial charge in [-0.05, 0) is 25.0 Å². The number of fused-ring (bicyclic) bond motifs is 1. The number of carbonyl (C=O) groups is 2. The van der Waals surface area contributed by atoms with Crippen LogP contribution < -0.4 is 16.0 Å². The van der Waals surface area contributed by atoms with Crippen LogP contribution in [0.3, 0.4) is 0 Å². The summed E-state index contributed by atoms with van der Waals surface area (Å²) in [4.78, 5) is 31.8. The number of ether oxygens (including phenoxy) is 1. The summed E-state index contributed by atoms with van der Waals surface area (Å²) in [5, 5.41) is 2.88. The second-order valence-corrected chi connectivity index (χ2v) is 6.85. The molecule has 3 heterocycles. The van der Waals surface area contributed by atoms with E-state index in [4.69, 9.17) is 14.9 Å². The van der Waals surface area contributed by atoms with E-state index in [-0.39, 0.29) is 12.1 Å². The van der Waals surface area contributed by atoms with E-state index in [2.05, 4.69) is 10.3 Å². The number of anilines is 1. The van der Waals surface area contributed by atoms with E-state index in [9.17, 15) is 9.59 Å². The highest BCUT2D eigenvalue weighted by Crippen LogP contribution is 2.22. The third-order valence-electron chi connectivity index (χ3n) is 5.03. The number of aromatic nitrogens is 1. The first kappa shape index (κ1) is 17.6. The Morgan fingerprint density at radius 3 is 2.67 bits per heavy atom. The highest BCUT2D eigenvalue weighted by molar-refractivity contribution is 5.79. The lowest BCUT2D eigenvalue weighted by Crippen LogP contribution is -2.52. The third-order valence-corrected chi connectivity index (χ3v) is 5.03. The first-order valence-corrected chi connectivity index (χ1v) is 9.18. The molecule has 1 aromatic carbocycles. The van der Waals surface area contributed by atoms with Gasteiger partial charge in [0.1, 0.15) is 11.6 Å². The van der Waals surface area contributed by atoms with E-state index >= 15 is 0 Å². The van der Waals surface area contributed by atoms with Crippen LogP contribution in [0.15, 0.2) is 28.7 Å². The molecule has 27 heavy (non-hydrogen) atoms. The summed E-state index contributed by atoms with van der Waals surface area (Å²) in [6.07, 6.45) is 0.637. The van der Waals surface area contributed by atoms with Gasteiger partial charge in [-0.25, -0.2) is 4.79 Å². The van der Waals surface area contributed by atoms with E-state index in [0.29, 0.717) is 45.2 Å². The summed E-state index contributed by atoms with van der Waals surface area (Å²) in [5.74, 6) is -0.445. The molecule has 9 heteroatoms. The van der Waals surface area contributed by atoms with Crippen LogP contribution in [0.1, 0.15) is 12.8 Å². The largest absolute Gasteiger partial charge is 0.423 e. The molecule has 2 saturated heterocycles. The summed E-state index contributed by atoms with van der Waals surface area (Å²) in [6.45, 7) is 2.86. The summed E-state index contributed by atoms with van der Waals surface area (Å²) < 4.78 is 11.3. The second-order valence-electron chi connectivity index (χ2n) is 6.85. The second kappa shape index (κ2) is 7.43. The van der Waals surface area contributed by atoms with Gasteiger partial charge in [-0.2, -0.15) is 4.98 Å². The van der Waals surface area contributed by atoms with Crippen LogP contribution in [0.4, 0.5) is 10.8 Å². The van der Waals surface area contributed by atoms with E-state index in [0.717, 1.165) is 17.5 Å². The third kappa shape index (κ3) is 3.82. The van der Waals surface area contributed by atoms with E-state index < -0.39 is 12.0 Å². The molecule has 144 valence electrons. The van der Waals surface area contributed by atoms with Crippen molar-refractivity contribution in [2.24, 2.45) is 5.73 Å². The molecule has 1 aromatic heterocycles. The Labute approximate surface area is 156 Å². The normalized spacial score (nSPS) is 23.0. The van der Waals surface area contributed by atoms with E-state index in [1.54, 1.807) is 4.90 Å². The molecule has 2 atom stereocenters. The summed E-state index contributed by atoms with van der Waals surface area (Å²) >= 11 is 0. The Balaban J connectivity index is 1.25. The maximum absolute atomic E-state index is 12.4. The van der Waals surface area contributed by atoms with Gasteiger partial charge >= 0.3 is 6.03 Å². The number of nitrogens with zero attached hydrogens (tertiary/aromatic N) is 3. The number of oxazole rings is 1. The number of rotatable bonds is 4. The minimum atomic E-state index is -0.535. The molecule has 2 aromatic rings. The van der Waals surface area contributed by atoms with Crippen molar-refractivity contribution in [3.8, 4) is 0 Å². The number of benzene rings is 1. The Bertz CT molecular complexity index is 797. The van der Waals surface area contributed by atoms with Crippen molar-refractivity contribution in [2.45, 2.75) is 25.0 Å². The predicted octanol–water partition coefficient (Wildman–Crippen LogP) is 0.692.